The molecule has 2 N–H and O–H groups in total. The first kappa shape index (κ1) is 17.0. The highest BCUT2D eigenvalue weighted by molar-refractivity contribution is 6.00. The summed E-state index contributed by atoms with van der Waals surface area (Å²) in [5, 5.41) is 14.8. The van der Waals surface area contributed by atoms with E-state index in [4.69, 9.17) is 14.7 Å². The maximum absolute atomic E-state index is 11.5. The van der Waals surface area contributed by atoms with Crippen LogP contribution >= 0.6 is 0 Å². The molecule has 0 aliphatic carbocycles. The maximum atomic E-state index is 11.5. The summed E-state index contributed by atoms with van der Waals surface area (Å²) in [6.07, 6.45) is 1.41. The number of amides is 1. The van der Waals surface area contributed by atoms with Crippen LogP contribution in [0, 0.1) is 0 Å². The molecule has 6 nitrogen and oxygen atoms in total. The van der Waals surface area contributed by atoms with Crippen LogP contribution < -0.4 is 10.1 Å². The molecule has 6 heteroatoms. The Kier molecular flexibility index (Phi) is 7.89. The number of ether oxygens (including phenoxy) is 2. The molecule has 0 saturated heterocycles. The van der Waals surface area contributed by atoms with Crippen LogP contribution in [0.25, 0.3) is 0 Å². The number of hydrogen-bond acceptors (Lipinski definition) is 5. The van der Waals surface area contributed by atoms with Crippen molar-refractivity contribution in [3.05, 3.63) is 29.8 Å². The molecule has 0 aliphatic rings. The highest BCUT2D eigenvalue weighted by Gasteiger charge is 2.04. The van der Waals surface area contributed by atoms with E-state index in [0.29, 0.717) is 31.0 Å². The number of nitrogens with zero attached hydrogens (tertiary/aromatic N) is 1. The van der Waals surface area contributed by atoms with Crippen molar-refractivity contribution in [3.63, 3.8) is 0 Å². The van der Waals surface area contributed by atoms with Gasteiger partial charge in [0.1, 0.15) is 5.75 Å². The molecule has 0 unspecified atom stereocenters. The third-order valence-corrected chi connectivity index (χ3v) is 2.86. The average molecular weight is 294 g/mol. The smallest absolute Gasteiger partial charge is 0.257 e. The van der Waals surface area contributed by atoms with Crippen LogP contribution in [0.2, 0.25) is 0 Å². The van der Waals surface area contributed by atoms with Crippen molar-refractivity contribution in [2.24, 2.45) is 5.16 Å². The summed E-state index contributed by atoms with van der Waals surface area (Å²) in [7, 11) is 1.63. The zero-order valence-corrected chi connectivity index (χ0v) is 12.5. The second-order valence-corrected chi connectivity index (χ2v) is 4.41. The zero-order valence-electron chi connectivity index (χ0n) is 12.5. The zero-order chi connectivity index (χ0) is 15.5. The molecule has 0 saturated carbocycles. The van der Waals surface area contributed by atoms with Crippen molar-refractivity contribution in [1.29, 1.82) is 0 Å². The van der Waals surface area contributed by atoms with Crippen LogP contribution in [-0.2, 0) is 9.53 Å². The van der Waals surface area contributed by atoms with Gasteiger partial charge in [-0.15, -0.1) is 0 Å². The van der Waals surface area contributed by atoms with Crippen LogP contribution in [0.1, 0.15) is 25.3 Å². The van der Waals surface area contributed by atoms with E-state index < -0.39 is 0 Å². The summed E-state index contributed by atoms with van der Waals surface area (Å²) >= 11 is 0. The number of carbonyl (C=O) groups excluding carboxylic acids is 1. The predicted octanol–water partition coefficient (Wildman–Crippen LogP) is 1.81. The molecule has 0 spiro atoms. The summed E-state index contributed by atoms with van der Waals surface area (Å²) in [4.78, 5) is 11.5. The predicted molar refractivity (Wildman–Crippen MR) is 80.1 cm³/mol. The lowest BCUT2D eigenvalue weighted by Gasteiger charge is -2.08. The lowest BCUT2D eigenvalue weighted by Crippen LogP contribution is -2.30. The Morgan fingerprint density at radius 3 is 2.62 bits per heavy atom. The lowest BCUT2D eigenvalue weighted by molar-refractivity contribution is -0.123. The van der Waals surface area contributed by atoms with E-state index in [1.54, 1.807) is 31.4 Å². The van der Waals surface area contributed by atoms with E-state index in [1.807, 2.05) is 6.92 Å². The van der Waals surface area contributed by atoms with Crippen LogP contribution in [-0.4, -0.2) is 43.7 Å². The minimum atomic E-state index is -0.165. The van der Waals surface area contributed by atoms with Gasteiger partial charge >= 0.3 is 0 Å². The molecule has 1 rings (SSSR count). The molecule has 21 heavy (non-hydrogen) atoms. The topological polar surface area (TPSA) is 80.2 Å². The van der Waals surface area contributed by atoms with E-state index in [-0.39, 0.29) is 12.5 Å². The summed E-state index contributed by atoms with van der Waals surface area (Å²) in [5.41, 5.74) is 1.44. The van der Waals surface area contributed by atoms with E-state index in [9.17, 15) is 4.79 Å². The fourth-order valence-corrected chi connectivity index (χ4v) is 1.72. The van der Waals surface area contributed by atoms with Crippen molar-refractivity contribution >= 4 is 11.6 Å². The number of hydrogen-bond donors (Lipinski definition) is 2. The summed E-state index contributed by atoms with van der Waals surface area (Å²) < 4.78 is 10.3. The molecule has 1 aromatic carbocycles. The van der Waals surface area contributed by atoms with Crippen LogP contribution in [0.5, 0.6) is 5.75 Å². The Labute approximate surface area is 124 Å². The summed E-state index contributed by atoms with van der Waals surface area (Å²) in [5.74, 6) is 0.431. The van der Waals surface area contributed by atoms with E-state index in [2.05, 4.69) is 10.5 Å². The van der Waals surface area contributed by atoms with Gasteiger partial charge in [-0.3, -0.25) is 4.79 Å². The Hall–Kier alpha value is -2.08. The van der Waals surface area contributed by atoms with Crippen LogP contribution in [0.15, 0.2) is 29.4 Å². The summed E-state index contributed by atoms with van der Waals surface area (Å²) in [6.45, 7) is 3.07. The van der Waals surface area contributed by atoms with Crippen molar-refractivity contribution in [2.45, 2.75) is 19.8 Å². The lowest BCUT2D eigenvalue weighted by atomic mass is 10.1. The average Bonchev–Trinajstić information content (AvgIpc) is 2.52. The van der Waals surface area contributed by atoms with Crippen molar-refractivity contribution in [1.82, 2.24) is 5.32 Å². The van der Waals surface area contributed by atoms with Crippen molar-refractivity contribution < 1.29 is 19.5 Å². The number of carbonyl (C=O) groups is 1. The molecule has 0 aliphatic heterocycles. The van der Waals surface area contributed by atoms with Gasteiger partial charge in [-0.25, -0.2) is 0 Å². The molecule has 1 aromatic rings. The first-order valence-electron chi connectivity index (χ1n) is 6.91. The molecule has 0 heterocycles. The molecule has 116 valence electrons. The number of benzene rings is 1. The van der Waals surface area contributed by atoms with Gasteiger partial charge in [-0.1, -0.05) is 12.1 Å². The molecule has 0 radical (unpaired) electrons. The van der Waals surface area contributed by atoms with Gasteiger partial charge in [0.15, 0.2) is 6.61 Å². The second kappa shape index (κ2) is 9.77. The number of oxime groups is 1. The highest BCUT2D eigenvalue weighted by atomic mass is 16.5. The third-order valence-electron chi connectivity index (χ3n) is 2.86. The summed E-state index contributed by atoms with van der Waals surface area (Å²) in [6, 6.07) is 7.08. The largest absolute Gasteiger partial charge is 0.484 e. The standard InChI is InChI=1S/C15H22N2O4/c1-3-14(17-19)12-5-7-13(8-6-12)21-11-15(18)16-9-4-10-20-2/h5-8,19H,3-4,9-11H2,1-2H3,(H,16,18). The minimum absolute atomic E-state index is 0.0267. The number of nitrogens with one attached hydrogen (secondary N) is 1. The molecular weight excluding hydrogens is 272 g/mol. The van der Waals surface area contributed by atoms with Crippen LogP contribution in [0.4, 0.5) is 0 Å². The SMILES string of the molecule is CCC(=NO)c1ccc(OCC(=O)NCCCOC)cc1. The van der Waals surface area contributed by atoms with Gasteiger partial charge in [0, 0.05) is 20.3 Å². The fourth-order valence-electron chi connectivity index (χ4n) is 1.72. The van der Waals surface area contributed by atoms with Gasteiger partial charge < -0.3 is 20.0 Å². The van der Waals surface area contributed by atoms with Crippen molar-refractivity contribution in [3.8, 4) is 5.75 Å². The normalized spacial score (nSPS) is 11.2. The second-order valence-electron chi connectivity index (χ2n) is 4.41. The maximum Gasteiger partial charge on any atom is 0.257 e. The molecule has 1 amide bonds. The fraction of sp³-hybridized carbons (Fsp3) is 0.467. The van der Waals surface area contributed by atoms with Gasteiger partial charge in [-0.2, -0.15) is 0 Å². The molecule has 0 atom stereocenters. The first-order valence-corrected chi connectivity index (χ1v) is 6.91. The Morgan fingerprint density at radius 2 is 2.05 bits per heavy atom. The monoisotopic (exact) mass is 294 g/mol. The van der Waals surface area contributed by atoms with E-state index in [1.165, 1.54) is 0 Å². The Bertz CT molecular complexity index is 457. The third kappa shape index (κ3) is 6.27. The van der Waals surface area contributed by atoms with Gasteiger partial charge in [0.25, 0.3) is 5.91 Å². The van der Waals surface area contributed by atoms with E-state index in [0.717, 1.165) is 12.0 Å². The molecular formula is C15H22N2O4. The molecule has 0 aromatic heterocycles. The van der Waals surface area contributed by atoms with Crippen LogP contribution in [0.3, 0.4) is 0 Å². The van der Waals surface area contributed by atoms with Crippen molar-refractivity contribution in [2.75, 3.05) is 26.9 Å². The van der Waals surface area contributed by atoms with E-state index >= 15 is 0 Å². The van der Waals surface area contributed by atoms with Gasteiger partial charge in [-0.05, 0) is 42.7 Å². The highest BCUT2D eigenvalue weighted by Crippen LogP contribution is 2.13. The number of rotatable bonds is 9. The van der Waals surface area contributed by atoms with Gasteiger partial charge in [0.05, 0.1) is 5.71 Å². The van der Waals surface area contributed by atoms with Gasteiger partial charge in [0.2, 0.25) is 0 Å². The number of methoxy groups -OCH3 is 1. The Balaban J connectivity index is 2.37. The Morgan fingerprint density at radius 1 is 1.33 bits per heavy atom. The molecule has 0 bridgehead atoms. The quantitative estimate of drug-likeness (QED) is 0.315. The first-order chi connectivity index (χ1) is 10.2. The minimum Gasteiger partial charge on any atom is -0.484 e. The molecule has 0 fully saturated rings.